The first kappa shape index (κ1) is 17.7. The van der Waals surface area contributed by atoms with Gasteiger partial charge in [0.05, 0.1) is 10.6 Å². The van der Waals surface area contributed by atoms with Crippen molar-refractivity contribution in [2.45, 2.75) is 43.1 Å². The summed E-state index contributed by atoms with van der Waals surface area (Å²) in [6.45, 7) is 5.63. The van der Waals surface area contributed by atoms with E-state index in [0.717, 1.165) is 36.6 Å². The van der Waals surface area contributed by atoms with Crippen molar-refractivity contribution < 1.29 is 9.59 Å². The third-order valence-corrected chi connectivity index (χ3v) is 6.28. The van der Waals surface area contributed by atoms with Crippen LogP contribution in [0.25, 0.3) is 10.2 Å². The Kier molecular flexibility index (Phi) is 4.96. The molecule has 132 valence electrons. The van der Waals surface area contributed by atoms with E-state index in [-0.39, 0.29) is 5.56 Å². The highest BCUT2D eigenvalue weighted by Crippen LogP contribution is 2.36. The standard InChI is InChI=1S/C16H18N4O3S2/c1-3-7-20-14(22)11-9-5-4-6-10(9)25-13(11)19-16(20)24-8(2)12(21)18-15(17)23/h3,8H,1,4-7H2,2H3,(H3,17,18,21,23)/t8-/m0/s1. The van der Waals surface area contributed by atoms with Crippen LogP contribution in [-0.4, -0.2) is 26.7 Å². The molecule has 3 amide bonds. The summed E-state index contributed by atoms with van der Waals surface area (Å²) in [4.78, 5) is 42.3. The van der Waals surface area contributed by atoms with Crippen molar-refractivity contribution in [2.24, 2.45) is 5.73 Å². The van der Waals surface area contributed by atoms with Gasteiger partial charge in [-0.25, -0.2) is 9.78 Å². The van der Waals surface area contributed by atoms with Crippen molar-refractivity contribution in [1.82, 2.24) is 14.9 Å². The molecule has 1 atom stereocenters. The van der Waals surface area contributed by atoms with E-state index < -0.39 is 17.2 Å². The minimum atomic E-state index is -0.904. The van der Waals surface area contributed by atoms with Crippen LogP contribution in [0.15, 0.2) is 22.6 Å². The summed E-state index contributed by atoms with van der Waals surface area (Å²) < 4.78 is 1.53. The van der Waals surface area contributed by atoms with E-state index in [0.29, 0.717) is 21.9 Å². The number of urea groups is 1. The van der Waals surface area contributed by atoms with Crippen molar-refractivity contribution in [2.75, 3.05) is 0 Å². The monoisotopic (exact) mass is 378 g/mol. The van der Waals surface area contributed by atoms with Gasteiger partial charge in [-0.3, -0.25) is 19.5 Å². The molecule has 0 fully saturated rings. The van der Waals surface area contributed by atoms with Gasteiger partial charge < -0.3 is 5.73 Å². The minimum absolute atomic E-state index is 0.102. The number of allylic oxidation sites excluding steroid dienone is 1. The highest BCUT2D eigenvalue weighted by molar-refractivity contribution is 8.00. The Balaban J connectivity index is 2.04. The molecule has 3 rings (SSSR count). The van der Waals surface area contributed by atoms with Crippen molar-refractivity contribution in [3.05, 3.63) is 33.4 Å². The number of nitrogens with one attached hydrogen (secondary N) is 1. The van der Waals surface area contributed by atoms with E-state index in [1.165, 1.54) is 9.44 Å². The lowest BCUT2D eigenvalue weighted by molar-refractivity contribution is -0.119. The van der Waals surface area contributed by atoms with E-state index in [1.807, 2.05) is 5.32 Å². The maximum atomic E-state index is 13.0. The molecule has 2 aromatic rings. The summed E-state index contributed by atoms with van der Waals surface area (Å²) in [7, 11) is 0. The van der Waals surface area contributed by atoms with Crippen LogP contribution in [0.1, 0.15) is 23.8 Å². The van der Waals surface area contributed by atoms with Gasteiger partial charge in [0.2, 0.25) is 5.91 Å². The second kappa shape index (κ2) is 7.01. The summed E-state index contributed by atoms with van der Waals surface area (Å²) in [5, 5.41) is 2.55. The quantitative estimate of drug-likeness (QED) is 0.469. The third-order valence-electron chi connectivity index (χ3n) is 4.00. The number of aryl methyl sites for hydroxylation is 2. The van der Waals surface area contributed by atoms with Crippen molar-refractivity contribution in [3.63, 3.8) is 0 Å². The Morgan fingerprint density at radius 3 is 2.96 bits per heavy atom. The molecule has 9 heteroatoms. The SMILES string of the molecule is C=CCn1c(S[C@@H](C)C(=O)NC(N)=O)nc2sc3c(c2c1=O)CCC3. The number of hydrogen-bond donors (Lipinski definition) is 2. The molecule has 1 aliphatic rings. The molecule has 2 aromatic heterocycles. The first-order valence-electron chi connectivity index (χ1n) is 7.85. The number of primary amides is 1. The molecular weight excluding hydrogens is 360 g/mol. The van der Waals surface area contributed by atoms with E-state index in [9.17, 15) is 14.4 Å². The topological polar surface area (TPSA) is 107 Å². The zero-order chi connectivity index (χ0) is 18.1. The number of aromatic nitrogens is 2. The molecule has 25 heavy (non-hydrogen) atoms. The van der Waals surface area contributed by atoms with E-state index >= 15 is 0 Å². The van der Waals surface area contributed by atoms with E-state index in [2.05, 4.69) is 11.6 Å². The minimum Gasteiger partial charge on any atom is -0.351 e. The van der Waals surface area contributed by atoms with Gasteiger partial charge in [-0.2, -0.15) is 0 Å². The van der Waals surface area contributed by atoms with Gasteiger partial charge in [0.1, 0.15) is 4.83 Å². The highest BCUT2D eigenvalue weighted by Gasteiger charge is 2.25. The molecule has 1 aliphatic carbocycles. The zero-order valence-corrected chi connectivity index (χ0v) is 15.3. The average Bonchev–Trinajstić information content (AvgIpc) is 3.10. The lowest BCUT2D eigenvalue weighted by Gasteiger charge is -2.14. The Morgan fingerprint density at radius 2 is 2.28 bits per heavy atom. The highest BCUT2D eigenvalue weighted by atomic mass is 32.2. The molecule has 0 aromatic carbocycles. The molecule has 3 N–H and O–H groups in total. The zero-order valence-electron chi connectivity index (χ0n) is 13.7. The average molecular weight is 378 g/mol. The van der Waals surface area contributed by atoms with E-state index in [4.69, 9.17) is 5.73 Å². The van der Waals surface area contributed by atoms with Crippen LogP contribution < -0.4 is 16.6 Å². The number of hydrogen-bond acceptors (Lipinski definition) is 6. The van der Waals surface area contributed by atoms with Crippen LogP contribution in [0.2, 0.25) is 0 Å². The van der Waals surface area contributed by atoms with Gasteiger partial charge in [0, 0.05) is 11.4 Å². The number of nitrogens with zero attached hydrogens (tertiary/aromatic N) is 2. The lowest BCUT2D eigenvalue weighted by atomic mass is 10.2. The fourth-order valence-electron chi connectivity index (χ4n) is 2.87. The number of imide groups is 1. The number of amides is 3. The van der Waals surface area contributed by atoms with Crippen LogP contribution in [0, 0.1) is 0 Å². The van der Waals surface area contributed by atoms with Gasteiger partial charge in [-0.15, -0.1) is 17.9 Å². The molecule has 0 saturated heterocycles. The lowest BCUT2D eigenvalue weighted by Crippen LogP contribution is -2.39. The summed E-state index contributed by atoms with van der Waals surface area (Å²) in [6.07, 6.45) is 4.58. The predicted octanol–water partition coefficient (Wildman–Crippen LogP) is 1.81. The number of nitrogens with two attached hydrogens (primary N) is 1. The Labute approximate surface area is 152 Å². The van der Waals surface area contributed by atoms with Crippen molar-refractivity contribution in [3.8, 4) is 0 Å². The number of thioether (sulfide) groups is 1. The molecule has 0 unspecified atom stereocenters. The third kappa shape index (κ3) is 3.34. The molecular formula is C16H18N4O3S2. The summed E-state index contributed by atoms with van der Waals surface area (Å²) in [5.41, 5.74) is 5.99. The normalized spacial score (nSPS) is 14.3. The maximum absolute atomic E-state index is 13.0. The largest absolute Gasteiger partial charge is 0.351 e. The Bertz CT molecular complexity index is 932. The second-order valence-corrected chi connectivity index (χ2v) is 8.14. The second-order valence-electron chi connectivity index (χ2n) is 5.75. The Morgan fingerprint density at radius 1 is 1.52 bits per heavy atom. The number of carbonyl (C=O) groups excluding carboxylic acids is 2. The summed E-state index contributed by atoms with van der Waals surface area (Å²) >= 11 is 2.67. The van der Waals surface area contributed by atoms with Crippen LogP contribution >= 0.6 is 23.1 Å². The molecule has 0 aliphatic heterocycles. The van der Waals surface area contributed by atoms with Gasteiger partial charge >= 0.3 is 6.03 Å². The van der Waals surface area contributed by atoms with Gasteiger partial charge in [0.25, 0.3) is 5.56 Å². The first-order valence-corrected chi connectivity index (χ1v) is 9.55. The fourth-order valence-corrected chi connectivity index (χ4v) is 5.09. The van der Waals surface area contributed by atoms with Crippen LogP contribution in [0.5, 0.6) is 0 Å². The number of thiophene rings is 1. The summed E-state index contributed by atoms with van der Waals surface area (Å²) in [6, 6.07) is -0.904. The van der Waals surface area contributed by atoms with Crippen LogP contribution in [0.4, 0.5) is 4.79 Å². The molecule has 2 heterocycles. The van der Waals surface area contributed by atoms with Gasteiger partial charge in [-0.05, 0) is 31.7 Å². The molecule has 7 nitrogen and oxygen atoms in total. The molecule has 0 bridgehead atoms. The number of carbonyl (C=O) groups is 2. The fraction of sp³-hybridized carbons (Fsp3) is 0.375. The van der Waals surface area contributed by atoms with E-state index in [1.54, 1.807) is 24.3 Å². The molecule has 0 spiro atoms. The van der Waals surface area contributed by atoms with Crippen molar-refractivity contribution in [1.29, 1.82) is 0 Å². The molecule has 0 saturated carbocycles. The van der Waals surface area contributed by atoms with Crippen LogP contribution in [0.3, 0.4) is 0 Å². The van der Waals surface area contributed by atoms with Crippen LogP contribution in [-0.2, 0) is 24.2 Å². The number of rotatable bonds is 5. The van der Waals surface area contributed by atoms with Gasteiger partial charge in [0.15, 0.2) is 5.16 Å². The predicted molar refractivity (Wildman–Crippen MR) is 99.1 cm³/mol. The smallest absolute Gasteiger partial charge is 0.318 e. The summed E-state index contributed by atoms with van der Waals surface area (Å²) in [5.74, 6) is -0.523. The van der Waals surface area contributed by atoms with Gasteiger partial charge in [-0.1, -0.05) is 17.8 Å². The number of fused-ring (bicyclic) bond motifs is 3. The first-order chi connectivity index (χ1) is 11.9. The Hall–Kier alpha value is -2.13. The maximum Gasteiger partial charge on any atom is 0.318 e. The van der Waals surface area contributed by atoms with Crippen molar-refractivity contribution >= 4 is 45.3 Å². The molecule has 0 radical (unpaired) electrons.